The summed E-state index contributed by atoms with van der Waals surface area (Å²) in [6.45, 7) is 5.73. The Labute approximate surface area is 439 Å². The van der Waals surface area contributed by atoms with Crippen LogP contribution >= 0.6 is 35.3 Å². The van der Waals surface area contributed by atoms with Crippen LogP contribution in [0.1, 0.15) is 103 Å². The maximum absolute atomic E-state index is 14.0. The SMILES string of the molecule is CSCC[C@H](N)C(=O)NCC(=O)O[C@@H]1CC[C@@]2(C)[C@@H](C1)C[C@@H](OC(=O)CNC(=O)[C@@H](N)CCSC)[C@@H]1[C@@H]2C[C@H](OC(=O)CNC(=O)[C@@H](N)CCSC)[C@]2(C)[C@@H]([C@H](C)CCC(=O)OCc3ccccc3)CC[C@@H]12. The molecular formula is C52H82N6O11S3. The summed E-state index contributed by atoms with van der Waals surface area (Å²) in [6.07, 6.45) is 10.5. The number of ether oxygens (including phenoxy) is 4. The second kappa shape index (κ2) is 28.4. The van der Waals surface area contributed by atoms with Crippen molar-refractivity contribution in [1.82, 2.24) is 16.0 Å². The van der Waals surface area contributed by atoms with Gasteiger partial charge >= 0.3 is 23.9 Å². The van der Waals surface area contributed by atoms with Crippen molar-refractivity contribution in [1.29, 1.82) is 0 Å². The molecule has 0 saturated heterocycles. The van der Waals surface area contributed by atoms with Crippen LogP contribution in [0.5, 0.6) is 0 Å². The Balaban J connectivity index is 1.41. The molecule has 0 aliphatic heterocycles. The highest BCUT2D eigenvalue weighted by Gasteiger charge is 2.68. The lowest BCUT2D eigenvalue weighted by Crippen LogP contribution is -2.64. The van der Waals surface area contributed by atoms with Gasteiger partial charge in [0.05, 0.1) is 18.1 Å². The second-order valence-corrected chi connectivity index (χ2v) is 23.8. The quantitative estimate of drug-likeness (QED) is 0.0528. The summed E-state index contributed by atoms with van der Waals surface area (Å²) in [5, 5.41) is 8.00. The highest BCUT2D eigenvalue weighted by atomic mass is 32.2. The first-order valence-electron chi connectivity index (χ1n) is 25.7. The number of carbonyl (C=O) groups is 7. The van der Waals surface area contributed by atoms with Gasteiger partial charge in [-0.3, -0.25) is 33.6 Å². The van der Waals surface area contributed by atoms with Gasteiger partial charge in [0.1, 0.15) is 44.6 Å². The third-order valence-corrected chi connectivity index (χ3v) is 18.4. The third-order valence-electron chi connectivity index (χ3n) is 16.5. The molecule has 0 radical (unpaired) electrons. The summed E-state index contributed by atoms with van der Waals surface area (Å²) in [5.74, 6) is -1.66. The summed E-state index contributed by atoms with van der Waals surface area (Å²) >= 11 is 4.74. The summed E-state index contributed by atoms with van der Waals surface area (Å²) < 4.78 is 24.8. The van der Waals surface area contributed by atoms with E-state index in [4.69, 9.17) is 36.1 Å². The van der Waals surface area contributed by atoms with Crippen LogP contribution in [0.2, 0.25) is 0 Å². The maximum atomic E-state index is 14.0. The van der Waals surface area contributed by atoms with E-state index in [2.05, 4.69) is 36.7 Å². The number of benzene rings is 1. The molecule has 20 heteroatoms. The zero-order valence-corrected chi connectivity index (χ0v) is 45.6. The lowest BCUT2D eigenvalue weighted by atomic mass is 9.43. The summed E-state index contributed by atoms with van der Waals surface area (Å²) in [5.41, 5.74) is 18.2. The van der Waals surface area contributed by atoms with Crippen molar-refractivity contribution < 1.29 is 52.5 Å². The van der Waals surface area contributed by atoms with E-state index in [-0.39, 0.29) is 79.6 Å². The van der Waals surface area contributed by atoms with E-state index in [1.807, 2.05) is 49.1 Å². The number of esters is 4. The monoisotopic (exact) mass is 1060 g/mol. The first-order valence-corrected chi connectivity index (χ1v) is 29.9. The number of nitrogens with two attached hydrogens (primary N) is 3. The van der Waals surface area contributed by atoms with E-state index in [0.717, 1.165) is 18.4 Å². The van der Waals surface area contributed by atoms with E-state index < -0.39 is 77.5 Å². The van der Waals surface area contributed by atoms with E-state index in [1.165, 1.54) is 0 Å². The number of carbonyl (C=O) groups excluding carboxylic acids is 7. The molecule has 0 bridgehead atoms. The first kappa shape index (κ1) is 59.3. The van der Waals surface area contributed by atoms with Crippen molar-refractivity contribution in [2.24, 2.45) is 63.5 Å². The minimum atomic E-state index is -0.774. The minimum absolute atomic E-state index is 0.00241. The fourth-order valence-corrected chi connectivity index (χ4v) is 13.9. The van der Waals surface area contributed by atoms with Crippen molar-refractivity contribution in [3.8, 4) is 0 Å². The van der Waals surface area contributed by atoms with E-state index in [9.17, 15) is 33.6 Å². The molecule has 14 atom stereocenters. The van der Waals surface area contributed by atoms with Crippen LogP contribution in [0.4, 0.5) is 0 Å². The topological polar surface area (TPSA) is 271 Å². The molecule has 17 nitrogen and oxygen atoms in total. The van der Waals surface area contributed by atoms with Gasteiger partial charge in [0.2, 0.25) is 17.7 Å². The summed E-state index contributed by atoms with van der Waals surface area (Å²) in [6, 6.07) is 7.25. The Morgan fingerprint density at radius 3 is 1.72 bits per heavy atom. The maximum Gasteiger partial charge on any atom is 0.325 e. The molecule has 0 aromatic heterocycles. The highest BCUT2D eigenvalue weighted by Crippen LogP contribution is 2.69. The fourth-order valence-electron chi connectivity index (χ4n) is 12.5. The molecule has 3 amide bonds. The van der Waals surface area contributed by atoms with Gasteiger partial charge in [-0.15, -0.1) is 0 Å². The fraction of sp³-hybridized carbons (Fsp3) is 0.750. The molecule has 0 unspecified atom stereocenters. The van der Waals surface area contributed by atoms with Crippen LogP contribution in [0.25, 0.3) is 0 Å². The highest BCUT2D eigenvalue weighted by molar-refractivity contribution is 7.98. The average Bonchev–Trinajstić information content (AvgIpc) is 3.73. The Morgan fingerprint density at radius 1 is 0.653 bits per heavy atom. The van der Waals surface area contributed by atoms with Crippen LogP contribution in [0.3, 0.4) is 0 Å². The van der Waals surface area contributed by atoms with Crippen LogP contribution in [0, 0.1) is 46.3 Å². The molecule has 404 valence electrons. The first-order chi connectivity index (χ1) is 34.3. The Kier molecular flexibility index (Phi) is 23.4. The Hall–Kier alpha value is -3.56. The van der Waals surface area contributed by atoms with Crippen molar-refractivity contribution in [3.05, 3.63) is 35.9 Å². The van der Waals surface area contributed by atoms with Gasteiger partial charge in [0, 0.05) is 17.8 Å². The number of hydrogen-bond acceptors (Lipinski definition) is 17. The average molecular weight is 1060 g/mol. The number of amides is 3. The number of nitrogens with one attached hydrogen (secondary N) is 3. The van der Waals surface area contributed by atoms with Crippen molar-refractivity contribution in [2.75, 3.05) is 55.7 Å². The molecule has 1 aromatic rings. The smallest absolute Gasteiger partial charge is 0.325 e. The van der Waals surface area contributed by atoms with E-state index in [1.54, 1.807) is 35.3 Å². The second-order valence-electron chi connectivity index (χ2n) is 20.9. The third kappa shape index (κ3) is 15.7. The van der Waals surface area contributed by atoms with Crippen LogP contribution in [0.15, 0.2) is 30.3 Å². The number of rotatable bonds is 27. The molecule has 4 aliphatic carbocycles. The van der Waals surface area contributed by atoms with Gasteiger partial charge in [0.15, 0.2) is 0 Å². The zero-order valence-electron chi connectivity index (χ0n) is 43.2. The standard InChI is InChI=1S/C52H82N6O11S3/c1-31(12-15-43(59)66-30-32-10-8-7-9-11-32)35-13-14-36-47-37(26-42(52(35,36)3)69-46(62)29-58-50(65)40(55)19-23-72-6)51(2)20-16-34(67-44(60)27-56-48(63)38(53)17-21-70-4)24-33(51)25-41(47)68-45(61)28-57-49(64)39(54)18-22-71-5/h7-11,31,33-42,47H,12-30,53-55H2,1-6H3,(H,56,63)(H,57,64)(H,58,65)/t31-,33+,34-,35-,36+,37+,38+,39+,40+,41-,42+,47+,51+,52-/m1/s1. The van der Waals surface area contributed by atoms with Crippen molar-refractivity contribution >= 4 is 76.9 Å². The van der Waals surface area contributed by atoms with Crippen LogP contribution in [-0.4, -0.2) is 134 Å². The van der Waals surface area contributed by atoms with E-state index in [0.29, 0.717) is 75.0 Å². The predicted molar refractivity (Wildman–Crippen MR) is 282 cm³/mol. The molecule has 0 spiro atoms. The zero-order chi connectivity index (χ0) is 52.6. The number of hydrogen-bond donors (Lipinski definition) is 6. The number of thioether (sulfide) groups is 3. The molecule has 5 rings (SSSR count). The van der Waals surface area contributed by atoms with Gasteiger partial charge in [-0.1, -0.05) is 51.1 Å². The molecule has 4 aliphatic rings. The largest absolute Gasteiger partial charge is 0.461 e. The van der Waals surface area contributed by atoms with Gasteiger partial charge in [-0.05, 0) is 147 Å². The summed E-state index contributed by atoms with van der Waals surface area (Å²) in [7, 11) is 0. The normalized spacial score (nSPS) is 29.1. The van der Waals surface area contributed by atoms with Gasteiger partial charge < -0.3 is 52.1 Å². The molecule has 9 N–H and O–H groups in total. The van der Waals surface area contributed by atoms with Gasteiger partial charge in [0.25, 0.3) is 0 Å². The molecule has 4 fully saturated rings. The molecule has 1 aromatic carbocycles. The van der Waals surface area contributed by atoms with Crippen molar-refractivity contribution in [3.63, 3.8) is 0 Å². The van der Waals surface area contributed by atoms with E-state index >= 15 is 0 Å². The van der Waals surface area contributed by atoms with Gasteiger partial charge in [-0.25, -0.2) is 0 Å². The molecule has 4 saturated carbocycles. The van der Waals surface area contributed by atoms with Crippen LogP contribution in [-0.2, 0) is 59.1 Å². The lowest BCUT2D eigenvalue weighted by molar-refractivity contribution is -0.225. The molecule has 0 heterocycles. The Bertz CT molecular complexity index is 1990. The predicted octanol–water partition coefficient (Wildman–Crippen LogP) is 4.35. The lowest BCUT2D eigenvalue weighted by Gasteiger charge is -2.64. The van der Waals surface area contributed by atoms with Crippen LogP contribution < -0.4 is 33.2 Å². The minimum Gasteiger partial charge on any atom is -0.461 e. The molecular weight excluding hydrogens is 981 g/mol. The Morgan fingerprint density at radius 2 is 1.18 bits per heavy atom. The number of fused-ring (bicyclic) bond motifs is 5. The molecule has 72 heavy (non-hydrogen) atoms. The van der Waals surface area contributed by atoms with Crippen molar-refractivity contribution in [2.45, 2.75) is 141 Å². The van der Waals surface area contributed by atoms with Gasteiger partial charge in [-0.2, -0.15) is 35.3 Å². The summed E-state index contributed by atoms with van der Waals surface area (Å²) in [4.78, 5) is 92.8.